The van der Waals surface area contributed by atoms with Crippen LogP contribution in [0.15, 0.2) is 54.6 Å². The fourth-order valence-electron chi connectivity index (χ4n) is 2.49. The molecule has 0 saturated carbocycles. The minimum absolute atomic E-state index is 0.0488. The quantitative estimate of drug-likeness (QED) is 0.783. The van der Waals surface area contributed by atoms with E-state index in [4.69, 9.17) is 9.84 Å². The van der Waals surface area contributed by atoms with Crippen LogP contribution in [0.2, 0.25) is 0 Å². The SMILES string of the molecule is CCC(Cc1ccccc1)NC(=O)C(C)Oc1cccc(CO)c1. The van der Waals surface area contributed by atoms with Gasteiger partial charge in [0.25, 0.3) is 5.91 Å². The Kier molecular flexibility index (Phi) is 6.82. The maximum Gasteiger partial charge on any atom is 0.261 e. The van der Waals surface area contributed by atoms with Crippen molar-refractivity contribution in [2.24, 2.45) is 0 Å². The highest BCUT2D eigenvalue weighted by molar-refractivity contribution is 5.81. The molecule has 2 rings (SSSR count). The molecule has 4 heteroatoms. The average Bonchev–Trinajstić information content (AvgIpc) is 2.62. The van der Waals surface area contributed by atoms with Crippen molar-refractivity contribution in [3.05, 3.63) is 65.7 Å². The van der Waals surface area contributed by atoms with Gasteiger partial charge in [-0.15, -0.1) is 0 Å². The van der Waals surface area contributed by atoms with Crippen LogP contribution in [0.1, 0.15) is 31.4 Å². The molecular formula is C20H25NO3. The Labute approximate surface area is 143 Å². The van der Waals surface area contributed by atoms with Gasteiger partial charge in [-0.2, -0.15) is 0 Å². The fraction of sp³-hybridized carbons (Fsp3) is 0.350. The summed E-state index contributed by atoms with van der Waals surface area (Å²) in [4.78, 5) is 12.4. The molecule has 0 saturated heterocycles. The van der Waals surface area contributed by atoms with Crippen LogP contribution in [0.5, 0.6) is 5.75 Å². The van der Waals surface area contributed by atoms with E-state index in [2.05, 4.69) is 24.4 Å². The van der Waals surface area contributed by atoms with Crippen molar-refractivity contribution in [1.82, 2.24) is 5.32 Å². The summed E-state index contributed by atoms with van der Waals surface area (Å²) in [6.07, 6.45) is 1.06. The van der Waals surface area contributed by atoms with E-state index >= 15 is 0 Å². The molecule has 0 aliphatic carbocycles. The average molecular weight is 327 g/mol. The van der Waals surface area contributed by atoms with Crippen LogP contribution in [0.4, 0.5) is 0 Å². The Bertz CT molecular complexity index is 642. The summed E-state index contributed by atoms with van der Waals surface area (Å²) in [6.45, 7) is 3.74. The van der Waals surface area contributed by atoms with Gasteiger partial charge in [-0.3, -0.25) is 4.79 Å². The van der Waals surface area contributed by atoms with Gasteiger partial charge in [0.1, 0.15) is 5.75 Å². The third-order valence-electron chi connectivity index (χ3n) is 3.93. The predicted molar refractivity (Wildman–Crippen MR) is 94.8 cm³/mol. The van der Waals surface area contributed by atoms with E-state index in [-0.39, 0.29) is 18.6 Å². The van der Waals surface area contributed by atoms with Crippen molar-refractivity contribution < 1.29 is 14.6 Å². The second kappa shape index (κ2) is 9.08. The molecule has 2 atom stereocenters. The van der Waals surface area contributed by atoms with Gasteiger partial charge >= 0.3 is 0 Å². The molecule has 2 N–H and O–H groups in total. The van der Waals surface area contributed by atoms with Crippen LogP contribution < -0.4 is 10.1 Å². The number of benzene rings is 2. The Morgan fingerprint density at radius 3 is 2.50 bits per heavy atom. The van der Waals surface area contributed by atoms with Gasteiger partial charge in [0.05, 0.1) is 6.61 Å². The van der Waals surface area contributed by atoms with Crippen molar-refractivity contribution in [1.29, 1.82) is 0 Å². The number of ether oxygens (including phenoxy) is 1. The molecule has 0 radical (unpaired) electrons. The molecule has 0 aliphatic rings. The molecule has 128 valence electrons. The first-order valence-corrected chi connectivity index (χ1v) is 8.33. The lowest BCUT2D eigenvalue weighted by atomic mass is 10.0. The number of rotatable bonds is 8. The number of nitrogens with one attached hydrogen (secondary N) is 1. The van der Waals surface area contributed by atoms with E-state index in [1.54, 1.807) is 25.1 Å². The number of hydrogen-bond donors (Lipinski definition) is 2. The first kappa shape index (κ1) is 18.0. The van der Waals surface area contributed by atoms with Gasteiger partial charge in [0.2, 0.25) is 0 Å². The predicted octanol–water partition coefficient (Wildman–Crippen LogP) is 3.08. The molecule has 2 aromatic rings. The van der Waals surface area contributed by atoms with Crippen LogP contribution in [0, 0.1) is 0 Å². The summed E-state index contributed by atoms with van der Waals surface area (Å²) in [7, 11) is 0. The first-order chi connectivity index (χ1) is 11.6. The molecule has 1 amide bonds. The minimum Gasteiger partial charge on any atom is -0.481 e. The van der Waals surface area contributed by atoms with Gasteiger partial charge in [-0.1, -0.05) is 49.4 Å². The molecule has 0 aliphatic heterocycles. The first-order valence-electron chi connectivity index (χ1n) is 8.33. The number of aliphatic hydroxyl groups excluding tert-OH is 1. The third-order valence-corrected chi connectivity index (χ3v) is 3.93. The molecule has 4 nitrogen and oxygen atoms in total. The van der Waals surface area contributed by atoms with Gasteiger partial charge in [0, 0.05) is 6.04 Å². The van der Waals surface area contributed by atoms with Crippen molar-refractivity contribution in [2.75, 3.05) is 0 Å². The zero-order valence-corrected chi connectivity index (χ0v) is 14.2. The zero-order chi connectivity index (χ0) is 17.4. The zero-order valence-electron chi connectivity index (χ0n) is 14.2. The van der Waals surface area contributed by atoms with E-state index in [0.717, 1.165) is 18.4 Å². The van der Waals surface area contributed by atoms with Crippen LogP contribution >= 0.6 is 0 Å². The Morgan fingerprint density at radius 1 is 1.12 bits per heavy atom. The van der Waals surface area contributed by atoms with E-state index in [1.165, 1.54) is 5.56 Å². The number of hydrogen-bond acceptors (Lipinski definition) is 3. The Hall–Kier alpha value is -2.33. The summed E-state index contributed by atoms with van der Waals surface area (Å²) in [5.74, 6) is 0.451. The Balaban J connectivity index is 1.91. The highest BCUT2D eigenvalue weighted by Crippen LogP contribution is 2.15. The van der Waals surface area contributed by atoms with E-state index < -0.39 is 6.10 Å². The second-order valence-corrected chi connectivity index (χ2v) is 5.87. The van der Waals surface area contributed by atoms with Crippen molar-refractivity contribution >= 4 is 5.91 Å². The third kappa shape index (κ3) is 5.39. The number of aliphatic hydroxyl groups is 1. The van der Waals surface area contributed by atoms with Crippen LogP contribution in [-0.4, -0.2) is 23.2 Å². The smallest absolute Gasteiger partial charge is 0.261 e. The lowest BCUT2D eigenvalue weighted by molar-refractivity contribution is -0.128. The summed E-state index contributed by atoms with van der Waals surface area (Å²) >= 11 is 0. The van der Waals surface area contributed by atoms with Gasteiger partial charge in [-0.25, -0.2) is 0 Å². The van der Waals surface area contributed by atoms with Crippen LogP contribution in [-0.2, 0) is 17.8 Å². The fourth-order valence-corrected chi connectivity index (χ4v) is 2.49. The van der Waals surface area contributed by atoms with Gasteiger partial charge < -0.3 is 15.2 Å². The normalized spacial score (nSPS) is 13.1. The summed E-state index contributed by atoms with van der Waals surface area (Å²) < 4.78 is 5.69. The molecular weight excluding hydrogens is 302 g/mol. The molecule has 0 heterocycles. The maximum atomic E-state index is 12.4. The van der Waals surface area contributed by atoms with E-state index in [9.17, 15) is 4.79 Å². The van der Waals surface area contributed by atoms with Gasteiger partial charge in [-0.05, 0) is 43.0 Å². The molecule has 2 unspecified atom stereocenters. The highest BCUT2D eigenvalue weighted by Gasteiger charge is 2.18. The minimum atomic E-state index is -0.594. The standard InChI is InChI=1S/C20H25NO3/c1-3-18(12-16-8-5-4-6-9-16)21-20(23)15(2)24-19-11-7-10-17(13-19)14-22/h4-11,13,15,18,22H,3,12,14H2,1-2H3,(H,21,23). The summed E-state index contributed by atoms with van der Waals surface area (Å²) in [5, 5.41) is 12.2. The topological polar surface area (TPSA) is 58.6 Å². The molecule has 2 aromatic carbocycles. The summed E-state index contributed by atoms with van der Waals surface area (Å²) in [5.41, 5.74) is 1.96. The van der Waals surface area contributed by atoms with Crippen molar-refractivity contribution in [3.8, 4) is 5.75 Å². The monoisotopic (exact) mass is 327 g/mol. The van der Waals surface area contributed by atoms with Crippen LogP contribution in [0.25, 0.3) is 0 Å². The van der Waals surface area contributed by atoms with Crippen molar-refractivity contribution in [2.45, 2.75) is 45.4 Å². The molecule has 0 bridgehead atoms. The van der Waals surface area contributed by atoms with E-state index in [1.807, 2.05) is 24.3 Å². The van der Waals surface area contributed by atoms with Crippen LogP contribution in [0.3, 0.4) is 0 Å². The molecule has 0 spiro atoms. The lowest BCUT2D eigenvalue weighted by Gasteiger charge is -2.21. The lowest BCUT2D eigenvalue weighted by Crippen LogP contribution is -2.43. The van der Waals surface area contributed by atoms with E-state index in [0.29, 0.717) is 5.75 Å². The van der Waals surface area contributed by atoms with Gasteiger partial charge in [0.15, 0.2) is 6.10 Å². The Morgan fingerprint density at radius 2 is 1.83 bits per heavy atom. The number of carbonyl (C=O) groups is 1. The number of amides is 1. The molecule has 24 heavy (non-hydrogen) atoms. The largest absolute Gasteiger partial charge is 0.481 e. The number of carbonyl (C=O) groups excluding carboxylic acids is 1. The molecule has 0 fully saturated rings. The summed E-state index contributed by atoms with van der Waals surface area (Å²) in [6, 6.07) is 17.3. The highest BCUT2D eigenvalue weighted by atomic mass is 16.5. The second-order valence-electron chi connectivity index (χ2n) is 5.87. The molecule has 0 aromatic heterocycles. The van der Waals surface area contributed by atoms with Crippen molar-refractivity contribution in [3.63, 3.8) is 0 Å². The maximum absolute atomic E-state index is 12.4.